The highest BCUT2D eigenvalue weighted by Crippen LogP contribution is 2.27. The van der Waals surface area contributed by atoms with Crippen molar-refractivity contribution >= 4 is 10.9 Å². The first-order chi connectivity index (χ1) is 11.0. The van der Waals surface area contributed by atoms with Crippen molar-refractivity contribution in [3.05, 3.63) is 48.1 Å². The number of hydrogen-bond acceptors (Lipinski definition) is 4. The van der Waals surface area contributed by atoms with E-state index in [1.807, 2.05) is 33.0 Å². The highest BCUT2D eigenvalue weighted by molar-refractivity contribution is 5.85. The average molecular weight is 320 g/mol. The lowest BCUT2D eigenvalue weighted by molar-refractivity contribution is 0.172. The predicted molar refractivity (Wildman–Crippen MR) is 92.3 cm³/mol. The first-order valence-corrected chi connectivity index (χ1v) is 7.50. The van der Waals surface area contributed by atoms with E-state index in [9.17, 15) is 4.39 Å². The molecule has 0 amide bonds. The van der Waals surface area contributed by atoms with E-state index in [1.54, 1.807) is 13.2 Å². The molecule has 0 aliphatic rings. The Bertz CT molecular complexity index is 644. The Morgan fingerprint density at radius 2 is 2.04 bits per heavy atom. The lowest BCUT2D eigenvalue weighted by Gasteiger charge is -2.10. The molecule has 0 spiro atoms. The Morgan fingerprint density at radius 3 is 2.65 bits per heavy atom. The molecule has 0 fully saturated rings. The first kappa shape index (κ1) is 18.9. The summed E-state index contributed by atoms with van der Waals surface area (Å²) in [5, 5.41) is 3.54. The summed E-state index contributed by atoms with van der Waals surface area (Å²) in [6.45, 7) is 8.50. The molecular weight excluding hydrogens is 295 g/mol. The SMILES string of the molecule is C=C(C)NC.COCCCOc1cc(C)nc2c(F)cccc12. The number of nitrogens with zero attached hydrogens (tertiary/aromatic N) is 1. The molecule has 1 aromatic heterocycles. The van der Waals surface area contributed by atoms with Crippen molar-refractivity contribution in [3.8, 4) is 5.75 Å². The molecule has 0 aliphatic heterocycles. The molecule has 1 N–H and O–H groups in total. The topological polar surface area (TPSA) is 43.4 Å². The van der Waals surface area contributed by atoms with Crippen LogP contribution in [0.4, 0.5) is 4.39 Å². The molecule has 23 heavy (non-hydrogen) atoms. The number of aromatic nitrogens is 1. The molecule has 5 heteroatoms. The smallest absolute Gasteiger partial charge is 0.149 e. The summed E-state index contributed by atoms with van der Waals surface area (Å²) in [5.74, 6) is 0.353. The second kappa shape index (κ2) is 9.79. The minimum atomic E-state index is -0.321. The van der Waals surface area contributed by atoms with Gasteiger partial charge >= 0.3 is 0 Å². The zero-order valence-corrected chi connectivity index (χ0v) is 14.3. The molecule has 0 bridgehead atoms. The normalized spacial score (nSPS) is 9.96. The van der Waals surface area contributed by atoms with Crippen molar-refractivity contribution in [3.63, 3.8) is 0 Å². The number of benzene rings is 1. The van der Waals surface area contributed by atoms with Crippen molar-refractivity contribution in [2.45, 2.75) is 20.3 Å². The van der Waals surface area contributed by atoms with Gasteiger partial charge in [-0.2, -0.15) is 0 Å². The number of rotatable bonds is 6. The van der Waals surface area contributed by atoms with Crippen LogP contribution in [0.15, 0.2) is 36.5 Å². The average Bonchev–Trinajstić information content (AvgIpc) is 2.53. The number of pyridine rings is 1. The predicted octanol–water partition coefficient (Wildman–Crippen LogP) is 3.84. The largest absolute Gasteiger partial charge is 0.493 e. The Hall–Kier alpha value is -2.14. The maximum Gasteiger partial charge on any atom is 0.149 e. The van der Waals surface area contributed by atoms with E-state index < -0.39 is 0 Å². The maximum absolute atomic E-state index is 13.7. The molecule has 0 aliphatic carbocycles. The number of hydrogen-bond donors (Lipinski definition) is 1. The number of fused-ring (bicyclic) bond motifs is 1. The highest BCUT2D eigenvalue weighted by atomic mass is 19.1. The molecule has 2 aromatic rings. The monoisotopic (exact) mass is 320 g/mol. The van der Waals surface area contributed by atoms with Crippen LogP contribution in [0.2, 0.25) is 0 Å². The van der Waals surface area contributed by atoms with E-state index in [4.69, 9.17) is 9.47 Å². The van der Waals surface area contributed by atoms with Gasteiger partial charge < -0.3 is 14.8 Å². The Labute approximate surface area is 137 Å². The van der Waals surface area contributed by atoms with Gasteiger partial charge in [0.2, 0.25) is 0 Å². The van der Waals surface area contributed by atoms with Crippen LogP contribution in [0.5, 0.6) is 5.75 Å². The maximum atomic E-state index is 13.7. The van der Waals surface area contributed by atoms with Crippen LogP contribution in [0, 0.1) is 12.7 Å². The van der Waals surface area contributed by atoms with Crippen LogP contribution in [-0.2, 0) is 4.74 Å². The molecule has 0 radical (unpaired) electrons. The number of para-hydroxylation sites is 1. The molecular formula is C18H25FN2O2. The van der Waals surface area contributed by atoms with E-state index in [1.165, 1.54) is 6.07 Å². The highest BCUT2D eigenvalue weighted by Gasteiger charge is 2.08. The molecule has 0 unspecified atom stereocenters. The minimum absolute atomic E-state index is 0.321. The summed E-state index contributed by atoms with van der Waals surface area (Å²) >= 11 is 0. The summed E-state index contributed by atoms with van der Waals surface area (Å²) < 4.78 is 24.3. The number of halogens is 1. The molecule has 126 valence electrons. The van der Waals surface area contributed by atoms with Crippen LogP contribution >= 0.6 is 0 Å². The fraction of sp³-hybridized carbons (Fsp3) is 0.389. The van der Waals surface area contributed by atoms with Gasteiger partial charge in [-0.3, -0.25) is 0 Å². The number of allylic oxidation sites excluding steroid dienone is 1. The lowest BCUT2D eigenvalue weighted by atomic mass is 10.2. The van der Waals surface area contributed by atoms with Crippen molar-refractivity contribution < 1.29 is 13.9 Å². The van der Waals surface area contributed by atoms with Gasteiger partial charge in [0.05, 0.1) is 6.61 Å². The van der Waals surface area contributed by atoms with Crippen molar-refractivity contribution in [2.24, 2.45) is 0 Å². The number of methoxy groups -OCH3 is 1. The summed E-state index contributed by atoms with van der Waals surface area (Å²) in [5.41, 5.74) is 2.11. The van der Waals surface area contributed by atoms with E-state index in [2.05, 4.69) is 16.9 Å². The Balaban J connectivity index is 0.000000463. The van der Waals surface area contributed by atoms with Gasteiger partial charge in [0.15, 0.2) is 0 Å². The van der Waals surface area contributed by atoms with Crippen LogP contribution in [0.1, 0.15) is 19.0 Å². The number of ether oxygens (including phenoxy) is 2. The zero-order valence-electron chi connectivity index (χ0n) is 14.3. The fourth-order valence-corrected chi connectivity index (χ4v) is 1.81. The summed E-state index contributed by atoms with van der Waals surface area (Å²) in [6, 6.07) is 6.71. The number of nitrogens with one attached hydrogen (secondary N) is 1. The standard InChI is InChI=1S/C14H16FNO2.C4H9N/c1-10-9-13(18-8-4-7-17-2)11-5-3-6-12(15)14(11)16-10;1-4(2)5-3/h3,5-6,9H,4,7-8H2,1-2H3;5H,1H2,2-3H3. The van der Waals surface area contributed by atoms with Gasteiger partial charge in [0, 0.05) is 44.3 Å². The third kappa shape index (κ3) is 6.24. The third-order valence-electron chi connectivity index (χ3n) is 3.06. The molecule has 0 saturated heterocycles. The fourth-order valence-electron chi connectivity index (χ4n) is 1.81. The molecule has 0 saturated carbocycles. The van der Waals surface area contributed by atoms with Gasteiger partial charge in [-0.05, 0) is 31.7 Å². The molecule has 2 rings (SSSR count). The van der Waals surface area contributed by atoms with Gasteiger partial charge in [0.1, 0.15) is 17.1 Å². The third-order valence-corrected chi connectivity index (χ3v) is 3.06. The quantitative estimate of drug-likeness (QED) is 0.821. The molecule has 1 heterocycles. The van der Waals surface area contributed by atoms with Crippen molar-refractivity contribution in [2.75, 3.05) is 27.4 Å². The molecule has 1 aromatic carbocycles. The van der Waals surface area contributed by atoms with Gasteiger partial charge in [-0.15, -0.1) is 0 Å². The molecule has 0 atom stereocenters. The second-order valence-corrected chi connectivity index (χ2v) is 5.12. The molecule has 4 nitrogen and oxygen atoms in total. The summed E-state index contributed by atoms with van der Waals surface area (Å²) in [6.07, 6.45) is 0.800. The van der Waals surface area contributed by atoms with Crippen molar-refractivity contribution in [1.29, 1.82) is 0 Å². The van der Waals surface area contributed by atoms with Gasteiger partial charge in [0.25, 0.3) is 0 Å². The number of aryl methyl sites for hydroxylation is 1. The first-order valence-electron chi connectivity index (χ1n) is 7.50. The minimum Gasteiger partial charge on any atom is -0.493 e. The lowest BCUT2D eigenvalue weighted by Crippen LogP contribution is -2.02. The van der Waals surface area contributed by atoms with Crippen LogP contribution in [-0.4, -0.2) is 32.4 Å². The Kier molecular flexibility index (Phi) is 8.05. The second-order valence-electron chi connectivity index (χ2n) is 5.12. The van der Waals surface area contributed by atoms with E-state index in [-0.39, 0.29) is 5.82 Å². The summed E-state index contributed by atoms with van der Waals surface area (Å²) in [7, 11) is 3.50. The Morgan fingerprint density at radius 1 is 1.35 bits per heavy atom. The van der Waals surface area contributed by atoms with Crippen molar-refractivity contribution in [1.82, 2.24) is 10.3 Å². The van der Waals surface area contributed by atoms with E-state index in [0.717, 1.165) is 17.8 Å². The van der Waals surface area contributed by atoms with Crippen LogP contribution in [0.3, 0.4) is 0 Å². The van der Waals surface area contributed by atoms with E-state index >= 15 is 0 Å². The van der Waals surface area contributed by atoms with Crippen LogP contribution < -0.4 is 10.1 Å². The van der Waals surface area contributed by atoms with Crippen LogP contribution in [0.25, 0.3) is 10.9 Å². The van der Waals surface area contributed by atoms with Gasteiger partial charge in [-0.1, -0.05) is 12.6 Å². The summed E-state index contributed by atoms with van der Waals surface area (Å²) in [4.78, 5) is 4.20. The van der Waals surface area contributed by atoms with E-state index in [0.29, 0.717) is 29.9 Å². The zero-order chi connectivity index (χ0) is 17.2. The van der Waals surface area contributed by atoms with Gasteiger partial charge in [-0.25, -0.2) is 9.37 Å².